The van der Waals surface area contributed by atoms with Crippen LogP contribution in [0.1, 0.15) is 125 Å². The molecule has 4 unspecified atom stereocenters. The van der Waals surface area contributed by atoms with Gasteiger partial charge in [-0.05, 0) is 155 Å². The van der Waals surface area contributed by atoms with Crippen LogP contribution in [0.3, 0.4) is 0 Å². The van der Waals surface area contributed by atoms with Gasteiger partial charge in [0.1, 0.15) is 0 Å². The second-order valence-corrected chi connectivity index (χ2v) is 15.8. The Hall–Kier alpha value is -0.160. The molecule has 4 fully saturated rings. The summed E-state index contributed by atoms with van der Waals surface area (Å²) in [4.78, 5) is 0. The van der Waals surface area contributed by atoms with Crippen LogP contribution in [0.4, 0.5) is 0 Å². The van der Waals surface area contributed by atoms with Crippen LogP contribution in [-0.2, 0) is 0 Å². The smallest absolute Gasteiger partial charge is 0.0577 e. The molecule has 4 saturated carbocycles. The Balaban J connectivity index is 1.30. The zero-order valence-corrected chi connectivity index (χ0v) is 26.8. The van der Waals surface area contributed by atoms with Gasteiger partial charge in [-0.15, -0.1) is 0 Å². The molecule has 0 aromatic rings. The van der Waals surface area contributed by atoms with E-state index in [4.69, 9.17) is 5.73 Å². The number of rotatable bonds is 14. The SMILES string of the molecule is CC(C)[C@H](C)CC[C@@H](C)[C@H]1CCC2C3C(CC[C@@]21C)[C@@]1(C)CC[C@H](NCCCNCCCCN)CC1C[C@H]3O. The summed E-state index contributed by atoms with van der Waals surface area (Å²) < 4.78 is 0. The summed E-state index contributed by atoms with van der Waals surface area (Å²) in [5.74, 6) is 6.02. The van der Waals surface area contributed by atoms with Crippen LogP contribution in [0.2, 0.25) is 0 Å². The molecule has 11 atom stereocenters. The maximum Gasteiger partial charge on any atom is 0.0577 e. The zero-order chi connectivity index (χ0) is 28.2. The number of aliphatic hydroxyl groups is 1. The molecule has 0 aliphatic heterocycles. The van der Waals surface area contributed by atoms with Crippen LogP contribution in [0.15, 0.2) is 0 Å². The summed E-state index contributed by atoms with van der Waals surface area (Å²) >= 11 is 0. The van der Waals surface area contributed by atoms with E-state index >= 15 is 0 Å². The molecule has 4 nitrogen and oxygen atoms in total. The van der Waals surface area contributed by atoms with Crippen molar-refractivity contribution in [2.75, 3.05) is 26.2 Å². The molecule has 0 saturated heterocycles. The first kappa shape index (κ1) is 31.8. The van der Waals surface area contributed by atoms with Crippen molar-refractivity contribution in [1.29, 1.82) is 0 Å². The summed E-state index contributed by atoms with van der Waals surface area (Å²) in [5.41, 5.74) is 6.47. The maximum absolute atomic E-state index is 11.8. The van der Waals surface area contributed by atoms with Crippen LogP contribution in [0, 0.1) is 58.2 Å². The van der Waals surface area contributed by atoms with E-state index in [9.17, 15) is 5.11 Å². The molecule has 39 heavy (non-hydrogen) atoms. The number of unbranched alkanes of at least 4 members (excludes halogenated alkanes) is 1. The van der Waals surface area contributed by atoms with Gasteiger partial charge in [-0.25, -0.2) is 0 Å². The quantitative estimate of drug-likeness (QED) is 0.177. The number of hydrogen-bond acceptors (Lipinski definition) is 4. The Morgan fingerprint density at radius 3 is 2.28 bits per heavy atom. The monoisotopic (exact) mass is 546 g/mol. The minimum Gasteiger partial charge on any atom is -0.393 e. The summed E-state index contributed by atoms with van der Waals surface area (Å²) in [6.45, 7) is 19.2. The van der Waals surface area contributed by atoms with Crippen molar-refractivity contribution in [1.82, 2.24) is 10.6 Å². The van der Waals surface area contributed by atoms with Gasteiger partial charge < -0.3 is 21.5 Å². The van der Waals surface area contributed by atoms with Crippen molar-refractivity contribution in [3.63, 3.8) is 0 Å². The normalized spacial score (nSPS) is 41.6. The van der Waals surface area contributed by atoms with Gasteiger partial charge in [0, 0.05) is 6.04 Å². The molecule has 0 aromatic carbocycles. The topological polar surface area (TPSA) is 70.3 Å². The highest BCUT2D eigenvalue weighted by Crippen LogP contribution is 2.68. The fraction of sp³-hybridized carbons (Fsp3) is 1.00. The summed E-state index contributed by atoms with van der Waals surface area (Å²) in [7, 11) is 0. The predicted octanol–water partition coefficient (Wildman–Crippen LogP) is 7.00. The Morgan fingerprint density at radius 1 is 0.821 bits per heavy atom. The summed E-state index contributed by atoms with van der Waals surface area (Å²) in [5, 5.41) is 19.2. The van der Waals surface area contributed by atoms with Crippen LogP contribution in [-0.4, -0.2) is 43.4 Å². The zero-order valence-electron chi connectivity index (χ0n) is 26.8. The number of fused-ring (bicyclic) bond motifs is 5. The molecule has 0 spiro atoms. The minimum absolute atomic E-state index is 0.0795. The average Bonchev–Trinajstić information content (AvgIpc) is 3.26. The highest BCUT2D eigenvalue weighted by molar-refractivity contribution is 5.12. The van der Waals surface area contributed by atoms with Gasteiger partial charge in [0.25, 0.3) is 0 Å². The number of aliphatic hydroxyl groups excluding tert-OH is 1. The van der Waals surface area contributed by atoms with E-state index < -0.39 is 0 Å². The second kappa shape index (κ2) is 13.9. The van der Waals surface area contributed by atoms with Crippen LogP contribution in [0.5, 0.6) is 0 Å². The highest BCUT2D eigenvalue weighted by Gasteiger charge is 2.62. The molecule has 5 N–H and O–H groups in total. The van der Waals surface area contributed by atoms with Gasteiger partial charge in [0.05, 0.1) is 6.10 Å². The van der Waals surface area contributed by atoms with Gasteiger partial charge in [0.2, 0.25) is 0 Å². The van der Waals surface area contributed by atoms with E-state index in [2.05, 4.69) is 52.2 Å². The minimum atomic E-state index is -0.0795. The molecular formula is C35H67N3O. The van der Waals surface area contributed by atoms with Gasteiger partial charge >= 0.3 is 0 Å². The lowest BCUT2D eigenvalue weighted by Crippen LogP contribution is -2.59. The Morgan fingerprint density at radius 2 is 1.54 bits per heavy atom. The summed E-state index contributed by atoms with van der Waals surface area (Å²) in [6, 6.07) is 0.642. The molecule has 4 aliphatic carbocycles. The molecule has 0 bridgehead atoms. The Bertz CT molecular complexity index is 743. The molecule has 0 heterocycles. The van der Waals surface area contributed by atoms with Crippen molar-refractivity contribution in [2.45, 2.75) is 137 Å². The van der Waals surface area contributed by atoms with E-state index in [0.29, 0.717) is 28.7 Å². The van der Waals surface area contributed by atoms with Crippen LogP contribution in [0.25, 0.3) is 0 Å². The van der Waals surface area contributed by atoms with Crippen molar-refractivity contribution in [2.24, 2.45) is 63.9 Å². The number of nitrogens with two attached hydrogens (primary N) is 1. The average molecular weight is 546 g/mol. The van der Waals surface area contributed by atoms with E-state index in [0.717, 1.165) is 74.5 Å². The number of nitrogens with one attached hydrogen (secondary N) is 2. The fourth-order valence-corrected chi connectivity index (χ4v) is 10.5. The van der Waals surface area contributed by atoms with Crippen LogP contribution < -0.4 is 16.4 Å². The molecular weight excluding hydrogens is 478 g/mol. The van der Waals surface area contributed by atoms with Gasteiger partial charge in [-0.1, -0.05) is 54.4 Å². The van der Waals surface area contributed by atoms with E-state index in [1.807, 2.05) is 0 Å². The van der Waals surface area contributed by atoms with Gasteiger partial charge in [-0.2, -0.15) is 0 Å². The van der Waals surface area contributed by atoms with E-state index in [-0.39, 0.29) is 6.10 Å². The Kier molecular flexibility index (Phi) is 11.3. The van der Waals surface area contributed by atoms with Crippen molar-refractivity contribution in [3.8, 4) is 0 Å². The van der Waals surface area contributed by atoms with Crippen LogP contribution >= 0.6 is 0 Å². The molecule has 228 valence electrons. The molecule has 4 rings (SSSR count). The lowest BCUT2D eigenvalue weighted by Gasteiger charge is -2.62. The molecule has 4 heteroatoms. The lowest BCUT2D eigenvalue weighted by atomic mass is 9.43. The van der Waals surface area contributed by atoms with E-state index in [1.165, 1.54) is 70.6 Å². The first-order valence-corrected chi connectivity index (χ1v) is 17.4. The van der Waals surface area contributed by atoms with Gasteiger partial charge in [-0.3, -0.25) is 0 Å². The molecule has 4 aliphatic rings. The third kappa shape index (κ3) is 6.91. The third-order valence-corrected chi connectivity index (χ3v) is 13.4. The third-order valence-electron chi connectivity index (χ3n) is 13.4. The lowest BCUT2D eigenvalue weighted by molar-refractivity contribution is -0.167. The van der Waals surface area contributed by atoms with Gasteiger partial charge in [0.15, 0.2) is 0 Å². The standard InChI is InChI=1S/C35H67N3O/c1-24(2)25(3)10-11-26(4)29-12-13-30-33-31(15-17-35(29,30)6)34(5)16-14-28(22-27(34)23-32(33)39)38-21-9-20-37-19-8-7-18-36/h24-33,37-39H,7-23,36H2,1-6H3/t25-,26-,27?,28+,29-,30?,31?,32-,33?,34+,35-/m1/s1. The first-order chi connectivity index (χ1) is 18.6. The maximum atomic E-state index is 11.8. The fourth-order valence-electron chi connectivity index (χ4n) is 10.5. The van der Waals surface area contributed by atoms with Crippen molar-refractivity contribution in [3.05, 3.63) is 0 Å². The first-order valence-electron chi connectivity index (χ1n) is 17.4. The highest BCUT2D eigenvalue weighted by atomic mass is 16.3. The van der Waals surface area contributed by atoms with Crippen molar-refractivity contribution >= 4 is 0 Å². The number of hydrogen-bond donors (Lipinski definition) is 4. The van der Waals surface area contributed by atoms with Crippen molar-refractivity contribution < 1.29 is 5.11 Å². The Labute approximate surface area is 242 Å². The second-order valence-electron chi connectivity index (χ2n) is 15.8. The summed E-state index contributed by atoms with van der Waals surface area (Å²) in [6.07, 6.45) is 16.8. The van der Waals surface area contributed by atoms with E-state index in [1.54, 1.807) is 0 Å². The molecule has 0 radical (unpaired) electrons. The largest absolute Gasteiger partial charge is 0.393 e. The molecule has 0 amide bonds. The predicted molar refractivity (Wildman–Crippen MR) is 167 cm³/mol. The molecule has 0 aromatic heterocycles.